The maximum atomic E-state index is 12.8. The number of carbonyl (C=O) groups is 1. The number of likely N-dealkylation sites (tertiary alicyclic amines) is 1. The molecule has 0 radical (unpaired) electrons. The summed E-state index contributed by atoms with van der Waals surface area (Å²) >= 11 is 5.51. The second kappa shape index (κ2) is 4.47. The molecule has 2 rings (SSSR count). The van der Waals surface area contributed by atoms with Crippen molar-refractivity contribution < 1.29 is 13.6 Å². The molecular weight excluding hydrogens is 236 g/mol. The molecule has 2 nitrogen and oxygen atoms in total. The average Bonchev–Trinajstić information content (AvgIpc) is 2.87. The molecule has 1 heterocycles. The van der Waals surface area contributed by atoms with Gasteiger partial charge < -0.3 is 4.90 Å². The highest BCUT2D eigenvalue weighted by Gasteiger charge is 2.58. The van der Waals surface area contributed by atoms with Gasteiger partial charge in [0.15, 0.2) is 0 Å². The van der Waals surface area contributed by atoms with Gasteiger partial charge in [0.1, 0.15) is 0 Å². The Hall–Kier alpha value is -0.380. The molecule has 5 heteroatoms. The van der Waals surface area contributed by atoms with Crippen molar-refractivity contribution in [3.63, 3.8) is 0 Å². The largest absolute Gasteiger partial charge is 0.342 e. The first-order valence-electron chi connectivity index (χ1n) is 5.71. The number of alkyl halides is 3. The highest BCUT2D eigenvalue weighted by Crippen LogP contribution is 2.57. The van der Waals surface area contributed by atoms with Crippen molar-refractivity contribution in [1.82, 2.24) is 4.90 Å². The van der Waals surface area contributed by atoms with Crippen LogP contribution >= 0.6 is 11.6 Å². The Morgan fingerprint density at radius 1 is 1.50 bits per heavy atom. The average molecular weight is 252 g/mol. The fourth-order valence-electron chi connectivity index (χ4n) is 2.60. The van der Waals surface area contributed by atoms with Crippen LogP contribution in [0, 0.1) is 11.3 Å². The third-order valence-corrected chi connectivity index (χ3v) is 4.05. The summed E-state index contributed by atoms with van der Waals surface area (Å²) in [5.74, 6) is -0.175. The van der Waals surface area contributed by atoms with E-state index in [1.165, 1.54) is 0 Å². The molecule has 0 N–H and O–H groups in total. The summed E-state index contributed by atoms with van der Waals surface area (Å²) in [6.07, 6.45) is 0.412. The SMILES string of the molecule is O=C(CCCCl)N1CC(C(F)F)C2(CC2)C1. The zero-order valence-corrected chi connectivity index (χ0v) is 9.85. The molecule has 16 heavy (non-hydrogen) atoms. The van der Waals surface area contributed by atoms with Gasteiger partial charge in [-0.3, -0.25) is 4.79 Å². The first-order valence-corrected chi connectivity index (χ1v) is 6.24. The third kappa shape index (κ3) is 2.17. The van der Waals surface area contributed by atoms with Crippen LogP contribution in [-0.4, -0.2) is 36.2 Å². The molecule has 1 spiro atoms. The molecule has 1 saturated heterocycles. The van der Waals surface area contributed by atoms with Crippen molar-refractivity contribution in [2.45, 2.75) is 32.1 Å². The van der Waals surface area contributed by atoms with Gasteiger partial charge >= 0.3 is 0 Å². The van der Waals surface area contributed by atoms with Crippen LogP contribution in [0.15, 0.2) is 0 Å². The van der Waals surface area contributed by atoms with Gasteiger partial charge in [-0.2, -0.15) is 0 Å². The summed E-state index contributed by atoms with van der Waals surface area (Å²) in [7, 11) is 0. The summed E-state index contributed by atoms with van der Waals surface area (Å²) in [5, 5.41) is 0. The van der Waals surface area contributed by atoms with Gasteiger partial charge in [0.05, 0.1) is 0 Å². The van der Waals surface area contributed by atoms with E-state index in [1.807, 2.05) is 0 Å². The minimum absolute atomic E-state index is 0.0184. The van der Waals surface area contributed by atoms with Crippen LogP contribution in [0.3, 0.4) is 0 Å². The molecule has 2 fully saturated rings. The van der Waals surface area contributed by atoms with E-state index in [1.54, 1.807) is 4.90 Å². The van der Waals surface area contributed by atoms with Crippen LogP contribution in [0.25, 0.3) is 0 Å². The molecular formula is C11H16ClF2NO. The van der Waals surface area contributed by atoms with Gasteiger partial charge in [-0.05, 0) is 24.7 Å². The molecule has 1 amide bonds. The minimum Gasteiger partial charge on any atom is -0.342 e. The second-order valence-electron chi connectivity index (χ2n) is 4.87. The van der Waals surface area contributed by atoms with Gasteiger partial charge in [-0.25, -0.2) is 8.78 Å². The second-order valence-corrected chi connectivity index (χ2v) is 5.25. The monoisotopic (exact) mass is 251 g/mol. The molecule has 0 bridgehead atoms. The Morgan fingerprint density at radius 3 is 2.62 bits per heavy atom. The lowest BCUT2D eigenvalue weighted by Crippen LogP contribution is -2.29. The maximum absolute atomic E-state index is 12.8. The fourth-order valence-corrected chi connectivity index (χ4v) is 2.73. The zero-order chi connectivity index (χ0) is 11.8. The van der Waals surface area contributed by atoms with Crippen LogP contribution in [0.4, 0.5) is 8.78 Å². The smallest absolute Gasteiger partial charge is 0.243 e. The predicted molar refractivity (Wildman–Crippen MR) is 57.7 cm³/mol. The Kier molecular flexibility index (Phi) is 3.38. The van der Waals surface area contributed by atoms with Gasteiger partial charge in [-0.15, -0.1) is 11.6 Å². The van der Waals surface area contributed by atoms with E-state index in [-0.39, 0.29) is 17.9 Å². The lowest BCUT2D eigenvalue weighted by molar-refractivity contribution is -0.130. The summed E-state index contributed by atoms with van der Waals surface area (Å²) in [4.78, 5) is 13.3. The van der Waals surface area contributed by atoms with Gasteiger partial charge in [0.25, 0.3) is 0 Å². The molecule has 1 atom stereocenters. The number of hydrogen-bond donors (Lipinski definition) is 0. The van der Waals surface area contributed by atoms with Crippen LogP contribution in [0.1, 0.15) is 25.7 Å². The Morgan fingerprint density at radius 2 is 2.19 bits per heavy atom. The Bertz CT molecular complexity index is 281. The Labute approximate surface area is 98.9 Å². The minimum atomic E-state index is -2.30. The highest BCUT2D eigenvalue weighted by atomic mass is 35.5. The normalized spacial score (nSPS) is 26.8. The lowest BCUT2D eigenvalue weighted by atomic mass is 9.93. The molecule has 2 aliphatic rings. The summed E-state index contributed by atoms with van der Waals surface area (Å²) in [6.45, 7) is 0.766. The summed E-state index contributed by atoms with van der Waals surface area (Å²) in [6, 6.07) is 0. The standard InChI is InChI=1S/C11H16ClF2NO/c12-5-1-2-9(16)15-6-8(10(13)14)11(7-15)3-4-11/h8,10H,1-7H2. The van der Waals surface area contributed by atoms with Crippen molar-refractivity contribution in [1.29, 1.82) is 0 Å². The molecule has 1 aliphatic carbocycles. The Balaban J connectivity index is 1.93. The van der Waals surface area contributed by atoms with E-state index in [0.29, 0.717) is 25.3 Å². The van der Waals surface area contributed by atoms with Crippen LogP contribution < -0.4 is 0 Å². The fraction of sp³-hybridized carbons (Fsp3) is 0.909. The van der Waals surface area contributed by atoms with E-state index < -0.39 is 12.3 Å². The number of carbonyl (C=O) groups excluding carboxylic acids is 1. The molecule has 1 aliphatic heterocycles. The van der Waals surface area contributed by atoms with Gasteiger partial charge in [0.2, 0.25) is 12.3 Å². The van der Waals surface area contributed by atoms with E-state index in [4.69, 9.17) is 11.6 Å². The van der Waals surface area contributed by atoms with Crippen LogP contribution in [-0.2, 0) is 4.79 Å². The number of nitrogens with zero attached hydrogens (tertiary/aromatic N) is 1. The first-order chi connectivity index (χ1) is 7.59. The van der Waals surface area contributed by atoms with Crippen molar-refractivity contribution in [3.8, 4) is 0 Å². The quantitative estimate of drug-likeness (QED) is 0.703. The summed E-state index contributed by atoms with van der Waals surface area (Å²) < 4.78 is 25.6. The predicted octanol–water partition coefficient (Wildman–Crippen LogP) is 2.51. The van der Waals surface area contributed by atoms with Crippen molar-refractivity contribution in [2.24, 2.45) is 11.3 Å². The van der Waals surface area contributed by atoms with E-state index in [0.717, 1.165) is 12.8 Å². The van der Waals surface area contributed by atoms with Crippen molar-refractivity contribution in [3.05, 3.63) is 0 Å². The van der Waals surface area contributed by atoms with Crippen LogP contribution in [0.2, 0.25) is 0 Å². The number of halogens is 3. The van der Waals surface area contributed by atoms with Crippen molar-refractivity contribution in [2.75, 3.05) is 19.0 Å². The van der Waals surface area contributed by atoms with Gasteiger partial charge in [-0.1, -0.05) is 0 Å². The number of hydrogen-bond acceptors (Lipinski definition) is 1. The maximum Gasteiger partial charge on any atom is 0.243 e. The molecule has 0 aromatic rings. The molecule has 1 saturated carbocycles. The van der Waals surface area contributed by atoms with E-state index >= 15 is 0 Å². The molecule has 92 valence electrons. The van der Waals surface area contributed by atoms with Crippen molar-refractivity contribution >= 4 is 17.5 Å². The number of amides is 1. The molecule has 1 unspecified atom stereocenters. The zero-order valence-electron chi connectivity index (χ0n) is 9.09. The van der Waals surface area contributed by atoms with Gasteiger partial charge in [0, 0.05) is 31.3 Å². The first kappa shape index (κ1) is 12.1. The highest BCUT2D eigenvalue weighted by molar-refractivity contribution is 6.17. The van der Waals surface area contributed by atoms with Crippen LogP contribution in [0.5, 0.6) is 0 Å². The third-order valence-electron chi connectivity index (χ3n) is 3.78. The molecule has 0 aromatic heterocycles. The summed E-state index contributed by atoms with van der Waals surface area (Å²) in [5.41, 5.74) is -0.245. The lowest BCUT2D eigenvalue weighted by Gasteiger charge is -2.15. The topological polar surface area (TPSA) is 20.3 Å². The van der Waals surface area contributed by atoms with E-state index in [9.17, 15) is 13.6 Å². The van der Waals surface area contributed by atoms with E-state index in [2.05, 4.69) is 0 Å². The number of rotatable bonds is 4. The molecule has 0 aromatic carbocycles.